The highest BCUT2D eigenvalue weighted by atomic mass is 35.5. The van der Waals surface area contributed by atoms with Gasteiger partial charge in [-0.2, -0.15) is 4.99 Å². The third kappa shape index (κ3) is 3.89. The number of nitrogens with zero attached hydrogens (tertiary/aromatic N) is 3. The lowest BCUT2D eigenvalue weighted by molar-refractivity contribution is -0.384. The average molecular weight is 462 g/mol. The molecule has 0 bridgehead atoms. The zero-order valence-corrected chi connectivity index (χ0v) is 18.2. The molecule has 0 unspecified atom stereocenters. The van der Waals surface area contributed by atoms with Crippen molar-refractivity contribution in [2.75, 3.05) is 13.2 Å². The maximum Gasteiger partial charge on any atom is 0.291 e. The minimum atomic E-state index is -0.442. The number of non-ortho nitro benzene ring substituents is 1. The Morgan fingerprint density at radius 2 is 2.03 bits per heavy atom. The number of amides is 1. The van der Waals surface area contributed by atoms with Gasteiger partial charge in [0.2, 0.25) is 0 Å². The third-order valence-electron chi connectivity index (χ3n) is 4.47. The van der Waals surface area contributed by atoms with Gasteiger partial charge in [0.15, 0.2) is 4.80 Å². The van der Waals surface area contributed by atoms with Gasteiger partial charge in [0, 0.05) is 35.4 Å². The van der Waals surface area contributed by atoms with Crippen molar-refractivity contribution in [1.29, 1.82) is 0 Å². The molecule has 2 aromatic carbocycles. The van der Waals surface area contributed by atoms with Gasteiger partial charge >= 0.3 is 0 Å². The number of nitro benzene ring substituents is 1. The Kier molecular flexibility index (Phi) is 5.96. The molecule has 0 aliphatic carbocycles. The molecule has 1 amide bonds. The number of hydrogen-bond donors (Lipinski definition) is 0. The van der Waals surface area contributed by atoms with Gasteiger partial charge in [-0.1, -0.05) is 41.1 Å². The number of hydrogen-bond acceptors (Lipinski definition) is 6. The Bertz CT molecular complexity index is 1340. The number of nitro groups is 1. The molecule has 0 saturated heterocycles. The Hall–Kier alpha value is -2.59. The highest BCUT2D eigenvalue weighted by molar-refractivity contribution is 7.21. The van der Waals surface area contributed by atoms with E-state index in [1.165, 1.54) is 34.8 Å². The van der Waals surface area contributed by atoms with Gasteiger partial charge in [-0.25, -0.2) is 0 Å². The number of aromatic nitrogens is 1. The fourth-order valence-electron chi connectivity index (χ4n) is 3.06. The Balaban J connectivity index is 1.83. The highest BCUT2D eigenvalue weighted by Crippen LogP contribution is 2.35. The summed E-state index contributed by atoms with van der Waals surface area (Å²) in [5, 5.41) is 12.4. The summed E-state index contributed by atoms with van der Waals surface area (Å²) >= 11 is 9.02. The summed E-state index contributed by atoms with van der Waals surface area (Å²) in [6, 6.07) is 12.1. The molecule has 0 atom stereocenters. The predicted molar refractivity (Wildman–Crippen MR) is 120 cm³/mol. The molecular formula is C20H16ClN3O4S2. The van der Waals surface area contributed by atoms with Crippen LogP contribution in [0.1, 0.15) is 16.6 Å². The quantitative estimate of drug-likeness (QED) is 0.223. The lowest BCUT2D eigenvalue weighted by Gasteiger charge is -2.05. The topological polar surface area (TPSA) is 86.7 Å². The van der Waals surface area contributed by atoms with Crippen molar-refractivity contribution in [1.82, 2.24) is 4.57 Å². The van der Waals surface area contributed by atoms with E-state index < -0.39 is 10.8 Å². The van der Waals surface area contributed by atoms with Crippen molar-refractivity contribution in [3.8, 4) is 0 Å². The van der Waals surface area contributed by atoms with E-state index in [0.717, 1.165) is 14.8 Å². The number of halogens is 1. The molecule has 0 aliphatic rings. The van der Waals surface area contributed by atoms with Crippen LogP contribution in [0.2, 0.25) is 5.02 Å². The summed E-state index contributed by atoms with van der Waals surface area (Å²) in [7, 11) is 0. The maximum absolute atomic E-state index is 13.0. The van der Waals surface area contributed by atoms with E-state index in [9.17, 15) is 14.9 Å². The number of rotatable bonds is 6. The van der Waals surface area contributed by atoms with E-state index in [2.05, 4.69) is 4.99 Å². The minimum Gasteiger partial charge on any atom is -0.380 e. The van der Waals surface area contributed by atoms with Gasteiger partial charge < -0.3 is 9.30 Å². The summed E-state index contributed by atoms with van der Waals surface area (Å²) < 4.78 is 8.93. The summed E-state index contributed by atoms with van der Waals surface area (Å²) in [6.45, 7) is 3.25. The zero-order chi connectivity index (χ0) is 21.3. The summed E-state index contributed by atoms with van der Waals surface area (Å²) in [4.78, 5) is 28.8. The second-order valence-electron chi connectivity index (χ2n) is 6.30. The van der Waals surface area contributed by atoms with E-state index in [0.29, 0.717) is 40.0 Å². The van der Waals surface area contributed by atoms with Crippen LogP contribution in [0.3, 0.4) is 0 Å². The minimum absolute atomic E-state index is 0.0177. The van der Waals surface area contributed by atoms with Crippen LogP contribution < -0.4 is 4.80 Å². The predicted octanol–water partition coefficient (Wildman–Crippen LogP) is 5.26. The molecule has 0 radical (unpaired) electrons. The van der Waals surface area contributed by atoms with Crippen LogP contribution in [0, 0.1) is 10.1 Å². The number of carbonyl (C=O) groups is 1. The fraction of sp³-hybridized carbons (Fsp3) is 0.200. The maximum atomic E-state index is 13.0. The number of thiazole rings is 1. The monoisotopic (exact) mass is 461 g/mol. The first-order valence-corrected chi connectivity index (χ1v) is 11.1. The molecule has 154 valence electrons. The number of carbonyl (C=O) groups excluding carboxylic acids is 1. The standard InChI is InChI=1S/C20H16ClN3O4S2/c1-2-28-10-9-23-14-11-12(24(26)27)7-8-16(14)30-20(23)22-19(25)18-17(21)13-5-3-4-6-15(13)29-18/h3-8,11H,2,9-10H2,1H3. The van der Waals surface area contributed by atoms with Crippen molar-refractivity contribution in [2.45, 2.75) is 13.5 Å². The highest BCUT2D eigenvalue weighted by Gasteiger charge is 2.18. The van der Waals surface area contributed by atoms with Crippen molar-refractivity contribution < 1.29 is 14.5 Å². The second-order valence-corrected chi connectivity index (χ2v) is 8.74. The molecule has 0 saturated carbocycles. The molecule has 2 aromatic heterocycles. The molecule has 0 N–H and O–H groups in total. The molecule has 0 fully saturated rings. The van der Waals surface area contributed by atoms with Gasteiger partial charge in [-0.3, -0.25) is 14.9 Å². The van der Waals surface area contributed by atoms with E-state index in [1.807, 2.05) is 31.2 Å². The van der Waals surface area contributed by atoms with Crippen molar-refractivity contribution >= 4 is 66.2 Å². The lowest BCUT2D eigenvalue weighted by Crippen LogP contribution is -2.19. The average Bonchev–Trinajstić information content (AvgIpc) is 3.25. The molecular weight excluding hydrogens is 446 g/mol. The van der Waals surface area contributed by atoms with Crippen LogP contribution in [0.5, 0.6) is 0 Å². The first-order valence-electron chi connectivity index (χ1n) is 9.11. The van der Waals surface area contributed by atoms with Gasteiger partial charge in [0.05, 0.1) is 26.8 Å². The van der Waals surface area contributed by atoms with Gasteiger partial charge in [0.1, 0.15) is 4.88 Å². The van der Waals surface area contributed by atoms with Gasteiger partial charge in [-0.05, 0) is 19.1 Å². The first-order chi connectivity index (χ1) is 14.5. The first kappa shape index (κ1) is 20.7. The normalized spacial score (nSPS) is 12.1. The molecule has 30 heavy (non-hydrogen) atoms. The van der Waals surface area contributed by atoms with Crippen LogP contribution in [0.4, 0.5) is 5.69 Å². The van der Waals surface area contributed by atoms with Crippen LogP contribution in [-0.2, 0) is 11.3 Å². The number of ether oxygens (including phenoxy) is 1. The smallest absolute Gasteiger partial charge is 0.291 e. The molecule has 0 spiro atoms. The van der Waals surface area contributed by atoms with Gasteiger partial charge in [0.25, 0.3) is 11.6 Å². The summed E-state index contributed by atoms with van der Waals surface area (Å²) in [6.07, 6.45) is 0. The van der Waals surface area contributed by atoms with Crippen molar-refractivity contribution in [2.24, 2.45) is 4.99 Å². The number of thiophene rings is 1. The van der Waals surface area contributed by atoms with E-state index in [4.69, 9.17) is 16.3 Å². The lowest BCUT2D eigenvalue weighted by atomic mass is 10.2. The molecule has 4 aromatic rings. The zero-order valence-electron chi connectivity index (χ0n) is 15.8. The van der Waals surface area contributed by atoms with E-state index in [1.54, 1.807) is 10.6 Å². The van der Waals surface area contributed by atoms with Crippen LogP contribution in [0.15, 0.2) is 47.5 Å². The molecule has 2 heterocycles. The third-order valence-corrected chi connectivity index (χ3v) is 7.19. The van der Waals surface area contributed by atoms with Gasteiger partial charge in [-0.15, -0.1) is 11.3 Å². The van der Waals surface area contributed by atoms with E-state index in [-0.39, 0.29) is 5.69 Å². The van der Waals surface area contributed by atoms with Crippen molar-refractivity contribution in [3.05, 3.63) is 67.3 Å². The van der Waals surface area contributed by atoms with Crippen LogP contribution in [-0.4, -0.2) is 28.6 Å². The SMILES string of the molecule is CCOCCn1c(=NC(=O)c2sc3ccccc3c2Cl)sc2ccc([N+](=O)[O-])cc21. The Morgan fingerprint density at radius 1 is 1.23 bits per heavy atom. The Labute approximate surface area is 184 Å². The molecule has 10 heteroatoms. The largest absolute Gasteiger partial charge is 0.380 e. The summed E-state index contributed by atoms with van der Waals surface area (Å²) in [5.41, 5.74) is 0.624. The van der Waals surface area contributed by atoms with Crippen molar-refractivity contribution in [3.63, 3.8) is 0 Å². The molecule has 0 aliphatic heterocycles. The fourth-order valence-corrected chi connectivity index (χ4v) is 5.49. The molecule has 4 rings (SSSR count). The van der Waals surface area contributed by atoms with E-state index >= 15 is 0 Å². The Morgan fingerprint density at radius 3 is 2.77 bits per heavy atom. The number of benzene rings is 2. The van der Waals surface area contributed by atoms with Crippen LogP contribution in [0.25, 0.3) is 20.3 Å². The second kappa shape index (κ2) is 8.65. The van der Waals surface area contributed by atoms with Crippen LogP contribution >= 0.6 is 34.3 Å². The molecule has 7 nitrogen and oxygen atoms in total. The summed E-state index contributed by atoms with van der Waals surface area (Å²) in [5.74, 6) is -0.438. The number of fused-ring (bicyclic) bond motifs is 2.